The summed E-state index contributed by atoms with van der Waals surface area (Å²) in [7, 11) is 3.30. The second kappa shape index (κ2) is 5.66. The van der Waals surface area contributed by atoms with Gasteiger partial charge in [-0.25, -0.2) is 0 Å². The lowest BCUT2D eigenvalue weighted by Gasteiger charge is -2.54. The summed E-state index contributed by atoms with van der Waals surface area (Å²) in [6.45, 7) is 12.6. The molecule has 2 N–H and O–H groups in total. The fourth-order valence-corrected chi connectivity index (χ4v) is 3.13. The third kappa shape index (κ3) is 3.67. The minimum absolute atomic E-state index is 0.218. The maximum Gasteiger partial charge on any atom is 0.176 e. The summed E-state index contributed by atoms with van der Waals surface area (Å²) < 4.78 is 17.0. The van der Waals surface area contributed by atoms with Gasteiger partial charge in [-0.15, -0.1) is 0 Å². The minimum atomic E-state index is -0.373. The van der Waals surface area contributed by atoms with E-state index >= 15 is 0 Å². The molecule has 0 aromatic carbocycles. The van der Waals surface area contributed by atoms with Crippen molar-refractivity contribution in [3.8, 4) is 0 Å². The first-order valence-corrected chi connectivity index (χ1v) is 6.81. The maximum atomic E-state index is 6.11. The third-order valence-corrected chi connectivity index (χ3v) is 3.77. The molecule has 1 fully saturated rings. The molecule has 19 heavy (non-hydrogen) atoms. The second-order valence-electron chi connectivity index (χ2n) is 6.84. The summed E-state index contributed by atoms with van der Waals surface area (Å²) in [4.78, 5) is 2.33. The fraction of sp³-hybridized carbons (Fsp3) is 1.00. The predicted molar refractivity (Wildman–Crippen MR) is 76.1 cm³/mol. The van der Waals surface area contributed by atoms with Crippen LogP contribution in [0.3, 0.4) is 0 Å². The number of methoxy groups -OCH3 is 2. The van der Waals surface area contributed by atoms with Crippen molar-refractivity contribution < 1.29 is 14.2 Å². The van der Waals surface area contributed by atoms with Gasteiger partial charge in [0.1, 0.15) is 0 Å². The quantitative estimate of drug-likeness (QED) is 0.764. The van der Waals surface area contributed by atoms with Crippen LogP contribution in [0.15, 0.2) is 0 Å². The molecule has 0 aliphatic carbocycles. The highest BCUT2D eigenvalue weighted by atomic mass is 16.7. The predicted octanol–water partition coefficient (Wildman–Crippen LogP) is 1.21. The molecule has 0 saturated carbocycles. The van der Waals surface area contributed by atoms with Crippen LogP contribution < -0.4 is 5.73 Å². The van der Waals surface area contributed by atoms with E-state index in [1.54, 1.807) is 14.2 Å². The summed E-state index contributed by atoms with van der Waals surface area (Å²) in [5.74, 6) is 0. The summed E-state index contributed by atoms with van der Waals surface area (Å²) in [6.07, 6.45) is -0.359. The summed E-state index contributed by atoms with van der Waals surface area (Å²) in [5.41, 5.74) is 5.22. The van der Waals surface area contributed by atoms with E-state index in [1.165, 1.54) is 0 Å². The molecule has 5 nitrogen and oxygen atoms in total. The molecule has 0 bridgehead atoms. The molecule has 1 atom stereocenters. The fourth-order valence-electron chi connectivity index (χ4n) is 3.13. The zero-order valence-electron chi connectivity index (χ0n) is 13.4. The van der Waals surface area contributed by atoms with E-state index in [9.17, 15) is 0 Å². The molecule has 0 amide bonds. The van der Waals surface area contributed by atoms with Gasteiger partial charge in [-0.2, -0.15) is 0 Å². The van der Waals surface area contributed by atoms with E-state index < -0.39 is 0 Å². The van der Waals surface area contributed by atoms with Crippen molar-refractivity contribution in [2.75, 3.05) is 33.9 Å². The Morgan fingerprint density at radius 3 is 1.89 bits per heavy atom. The van der Waals surface area contributed by atoms with Crippen molar-refractivity contribution in [3.63, 3.8) is 0 Å². The van der Waals surface area contributed by atoms with Gasteiger partial charge in [-0.05, 0) is 34.6 Å². The number of nitrogens with zero attached hydrogens (tertiary/aromatic N) is 1. The SMILES string of the molecule is COC(OC)C(C)(CN)N1CC(C)(C)OC(C)(C)C1. The Hall–Kier alpha value is -0.200. The molecule has 114 valence electrons. The lowest BCUT2D eigenvalue weighted by Crippen LogP contribution is -2.69. The monoisotopic (exact) mass is 274 g/mol. The lowest BCUT2D eigenvalue weighted by molar-refractivity contribution is -0.239. The standard InChI is InChI=1S/C14H30N2O3/c1-12(2)9-16(10-13(3,4)19-12)14(5,8-15)11(17-6)18-7/h11H,8-10,15H2,1-7H3. The molecule has 1 unspecified atom stereocenters. The van der Waals surface area contributed by atoms with Gasteiger partial charge in [0.05, 0.1) is 16.7 Å². The molecular weight excluding hydrogens is 244 g/mol. The Balaban J connectivity index is 3.03. The van der Waals surface area contributed by atoms with Crippen molar-refractivity contribution in [1.82, 2.24) is 4.90 Å². The topological polar surface area (TPSA) is 57.0 Å². The third-order valence-electron chi connectivity index (χ3n) is 3.77. The van der Waals surface area contributed by atoms with Crippen LogP contribution in [0, 0.1) is 0 Å². The van der Waals surface area contributed by atoms with Gasteiger partial charge in [0.2, 0.25) is 0 Å². The first-order valence-electron chi connectivity index (χ1n) is 6.81. The largest absolute Gasteiger partial charge is 0.367 e. The van der Waals surface area contributed by atoms with Crippen LogP contribution >= 0.6 is 0 Å². The molecule has 1 aliphatic rings. The van der Waals surface area contributed by atoms with Crippen molar-refractivity contribution >= 4 is 0 Å². The summed E-state index contributed by atoms with van der Waals surface area (Å²) >= 11 is 0. The van der Waals surface area contributed by atoms with Gasteiger partial charge in [0, 0.05) is 33.9 Å². The average molecular weight is 274 g/mol. The lowest BCUT2D eigenvalue weighted by atomic mass is 9.90. The molecular formula is C14H30N2O3. The summed E-state index contributed by atoms with van der Waals surface area (Å²) in [6, 6.07) is 0. The average Bonchev–Trinajstić information content (AvgIpc) is 2.26. The first-order chi connectivity index (χ1) is 8.60. The van der Waals surface area contributed by atoms with Crippen LogP contribution in [0.5, 0.6) is 0 Å². The molecule has 5 heteroatoms. The van der Waals surface area contributed by atoms with E-state index in [2.05, 4.69) is 39.5 Å². The van der Waals surface area contributed by atoms with Crippen molar-refractivity contribution in [3.05, 3.63) is 0 Å². The van der Waals surface area contributed by atoms with Gasteiger partial charge in [0.15, 0.2) is 6.29 Å². The highest BCUT2D eigenvalue weighted by Gasteiger charge is 2.48. The van der Waals surface area contributed by atoms with Crippen LogP contribution in [0.2, 0.25) is 0 Å². The van der Waals surface area contributed by atoms with E-state index in [4.69, 9.17) is 19.9 Å². The summed E-state index contributed by atoms with van der Waals surface area (Å²) in [5, 5.41) is 0. The number of nitrogens with two attached hydrogens (primary N) is 1. The molecule has 1 saturated heterocycles. The van der Waals surface area contributed by atoms with Gasteiger partial charge in [-0.1, -0.05) is 0 Å². The van der Waals surface area contributed by atoms with Crippen LogP contribution in [0.1, 0.15) is 34.6 Å². The van der Waals surface area contributed by atoms with Crippen LogP contribution in [0.25, 0.3) is 0 Å². The van der Waals surface area contributed by atoms with Crippen molar-refractivity contribution in [2.24, 2.45) is 5.73 Å². The van der Waals surface area contributed by atoms with E-state index in [-0.39, 0.29) is 23.0 Å². The Labute approximate surface area is 117 Å². The Morgan fingerprint density at radius 1 is 1.16 bits per heavy atom. The molecule has 0 spiro atoms. The second-order valence-corrected chi connectivity index (χ2v) is 6.84. The molecule has 0 aromatic rings. The number of hydrogen-bond donors (Lipinski definition) is 1. The highest BCUT2D eigenvalue weighted by Crippen LogP contribution is 2.34. The first kappa shape index (κ1) is 16.9. The molecule has 0 radical (unpaired) electrons. The number of morpholine rings is 1. The van der Waals surface area contributed by atoms with Gasteiger partial charge >= 0.3 is 0 Å². The van der Waals surface area contributed by atoms with Gasteiger partial charge in [-0.3, -0.25) is 4.90 Å². The molecule has 1 rings (SSSR count). The molecule has 0 aromatic heterocycles. The number of rotatable bonds is 5. The Kier molecular flexibility index (Phi) is 5.02. The van der Waals surface area contributed by atoms with Gasteiger partial charge in [0.25, 0.3) is 0 Å². The molecule has 1 heterocycles. The minimum Gasteiger partial charge on any atom is -0.367 e. The smallest absolute Gasteiger partial charge is 0.176 e. The van der Waals surface area contributed by atoms with E-state index in [1.807, 2.05) is 0 Å². The zero-order valence-corrected chi connectivity index (χ0v) is 13.4. The Bertz CT molecular complexity index is 287. The van der Waals surface area contributed by atoms with Crippen molar-refractivity contribution in [2.45, 2.75) is 57.6 Å². The van der Waals surface area contributed by atoms with E-state index in [0.717, 1.165) is 13.1 Å². The maximum absolute atomic E-state index is 6.11. The van der Waals surface area contributed by atoms with Crippen LogP contribution in [-0.4, -0.2) is 61.8 Å². The highest BCUT2D eigenvalue weighted by molar-refractivity contribution is 4.99. The number of ether oxygens (including phenoxy) is 3. The Morgan fingerprint density at radius 2 is 1.58 bits per heavy atom. The van der Waals surface area contributed by atoms with Crippen LogP contribution in [-0.2, 0) is 14.2 Å². The van der Waals surface area contributed by atoms with Crippen molar-refractivity contribution in [1.29, 1.82) is 0 Å². The van der Waals surface area contributed by atoms with Gasteiger partial charge < -0.3 is 19.9 Å². The normalized spacial score (nSPS) is 26.4. The zero-order chi connectivity index (χ0) is 14.9. The van der Waals surface area contributed by atoms with Crippen LogP contribution in [0.4, 0.5) is 0 Å². The van der Waals surface area contributed by atoms with E-state index in [0.29, 0.717) is 6.54 Å². The number of hydrogen-bond acceptors (Lipinski definition) is 5. The molecule has 1 aliphatic heterocycles.